The van der Waals surface area contributed by atoms with Crippen LogP contribution in [0.15, 0.2) is 0 Å². The van der Waals surface area contributed by atoms with Gasteiger partial charge in [-0.05, 0) is 25.7 Å². The van der Waals surface area contributed by atoms with Crippen LogP contribution in [0, 0.1) is 5.92 Å². The predicted molar refractivity (Wildman–Crippen MR) is 64.2 cm³/mol. The van der Waals surface area contributed by atoms with Crippen molar-refractivity contribution in [2.75, 3.05) is 0 Å². The van der Waals surface area contributed by atoms with Crippen molar-refractivity contribution in [1.29, 1.82) is 0 Å². The molecule has 0 aromatic heterocycles. The number of amides is 1. The minimum Gasteiger partial charge on any atom is -0.340 e. The van der Waals surface area contributed by atoms with Gasteiger partial charge in [0.05, 0.1) is 6.04 Å². The fourth-order valence-corrected chi connectivity index (χ4v) is 3.35. The highest BCUT2D eigenvalue weighted by Gasteiger charge is 2.38. The Bertz CT molecular complexity index is 309. The maximum absolute atomic E-state index is 11.5. The normalized spacial score (nSPS) is 21.9. The van der Waals surface area contributed by atoms with Crippen LogP contribution in [0.4, 0.5) is 0 Å². The summed E-state index contributed by atoms with van der Waals surface area (Å²) in [5, 5.41) is 2.40. The molecule has 0 aromatic carbocycles. The summed E-state index contributed by atoms with van der Waals surface area (Å²) >= 11 is 0. The highest BCUT2D eigenvalue weighted by Crippen LogP contribution is 2.47. The van der Waals surface area contributed by atoms with E-state index in [1.165, 1.54) is 6.92 Å². The molecule has 17 heavy (non-hydrogen) atoms. The average Bonchev–Trinajstić information content (AvgIpc) is 2.25. The van der Waals surface area contributed by atoms with Gasteiger partial charge in [-0.15, -0.1) is 0 Å². The predicted octanol–water partition coefficient (Wildman–Crippen LogP) is 0.534. The first-order valence-corrected chi connectivity index (χ1v) is 7.61. The van der Waals surface area contributed by atoms with E-state index in [4.69, 9.17) is 5.73 Å². The molecule has 1 unspecified atom stereocenters. The Balaban J connectivity index is 2.73. The lowest BCUT2D eigenvalue weighted by molar-refractivity contribution is -0.122. The SMILES string of the molecule is C[C@H](N)C(=O)NC(C1CCCCC1)P(=O)(O)O. The highest BCUT2D eigenvalue weighted by atomic mass is 31.2. The molecule has 1 amide bonds. The first kappa shape index (κ1) is 14.6. The summed E-state index contributed by atoms with van der Waals surface area (Å²) in [6, 6.07) is -0.757. The first-order chi connectivity index (χ1) is 7.82. The van der Waals surface area contributed by atoms with Crippen molar-refractivity contribution < 1.29 is 19.1 Å². The van der Waals surface area contributed by atoms with E-state index in [0.29, 0.717) is 0 Å². The summed E-state index contributed by atoms with van der Waals surface area (Å²) in [5.74, 6) is -1.74. The molecule has 1 fully saturated rings. The lowest BCUT2D eigenvalue weighted by Gasteiger charge is -2.31. The maximum atomic E-state index is 11.5. The van der Waals surface area contributed by atoms with E-state index in [1.807, 2.05) is 0 Å². The molecule has 1 aliphatic rings. The van der Waals surface area contributed by atoms with Gasteiger partial charge in [0.25, 0.3) is 0 Å². The van der Waals surface area contributed by atoms with Gasteiger partial charge < -0.3 is 20.8 Å². The molecule has 0 bridgehead atoms. The van der Waals surface area contributed by atoms with Gasteiger partial charge in [0.2, 0.25) is 5.91 Å². The van der Waals surface area contributed by atoms with E-state index in [0.717, 1.165) is 32.1 Å². The summed E-state index contributed by atoms with van der Waals surface area (Å²) in [6.45, 7) is 1.49. The number of carbonyl (C=O) groups excluding carboxylic acids is 1. The summed E-state index contributed by atoms with van der Waals surface area (Å²) in [5.41, 5.74) is 5.39. The molecule has 0 saturated heterocycles. The molecule has 0 radical (unpaired) electrons. The second kappa shape index (κ2) is 5.96. The highest BCUT2D eigenvalue weighted by molar-refractivity contribution is 7.52. The Labute approximate surface area is 101 Å². The maximum Gasteiger partial charge on any atom is 0.347 e. The van der Waals surface area contributed by atoms with Crippen molar-refractivity contribution in [1.82, 2.24) is 5.32 Å². The zero-order valence-electron chi connectivity index (χ0n) is 10.0. The Morgan fingerprint density at radius 1 is 1.35 bits per heavy atom. The summed E-state index contributed by atoms with van der Waals surface area (Å²) in [4.78, 5) is 30.1. The Kier molecular flexibility index (Phi) is 5.13. The van der Waals surface area contributed by atoms with E-state index in [1.54, 1.807) is 0 Å². The van der Waals surface area contributed by atoms with Crippen molar-refractivity contribution >= 4 is 13.5 Å². The zero-order valence-corrected chi connectivity index (χ0v) is 10.9. The minimum atomic E-state index is -4.33. The molecule has 1 aliphatic carbocycles. The number of nitrogens with one attached hydrogen (secondary N) is 1. The van der Waals surface area contributed by atoms with Gasteiger partial charge in [0.15, 0.2) is 0 Å². The van der Waals surface area contributed by atoms with Crippen LogP contribution in [0.2, 0.25) is 0 Å². The first-order valence-electron chi connectivity index (χ1n) is 5.93. The Hall–Kier alpha value is -0.420. The molecular formula is C10H21N2O4P. The Morgan fingerprint density at radius 3 is 2.29 bits per heavy atom. The molecule has 1 saturated carbocycles. The number of hydrogen-bond acceptors (Lipinski definition) is 3. The smallest absolute Gasteiger partial charge is 0.340 e. The van der Waals surface area contributed by atoms with Crippen molar-refractivity contribution in [3.8, 4) is 0 Å². The molecule has 100 valence electrons. The summed E-state index contributed by atoms with van der Waals surface area (Å²) in [7, 11) is -4.33. The quantitative estimate of drug-likeness (QED) is 0.553. The van der Waals surface area contributed by atoms with Crippen LogP contribution in [0.1, 0.15) is 39.0 Å². The molecule has 0 aliphatic heterocycles. The van der Waals surface area contributed by atoms with Crippen molar-refractivity contribution in [2.24, 2.45) is 11.7 Å². The number of carbonyl (C=O) groups is 1. The standard InChI is InChI=1S/C10H21N2O4P/c1-7(11)9(13)12-10(17(14,15)16)8-5-3-2-4-6-8/h7-8,10H,2-6,11H2,1H3,(H,12,13)(H2,14,15,16)/t7-,10?/m0/s1. The molecule has 0 heterocycles. The molecule has 0 aromatic rings. The number of rotatable bonds is 4. The second-order valence-electron chi connectivity index (χ2n) is 4.73. The van der Waals surface area contributed by atoms with Gasteiger partial charge in [0.1, 0.15) is 5.78 Å². The van der Waals surface area contributed by atoms with Gasteiger partial charge in [-0.25, -0.2) is 0 Å². The lowest BCUT2D eigenvalue weighted by Crippen LogP contribution is -2.47. The van der Waals surface area contributed by atoms with Crippen molar-refractivity contribution in [3.05, 3.63) is 0 Å². The topological polar surface area (TPSA) is 113 Å². The third-order valence-corrected chi connectivity index (χ3v) is 4.44. The molecule has 5 N–H and O–H groups in total. The third kappa shape index (κ3) is 4.39. The van der Waals surface area contributed by atoms with E-state index < -0.39 is 25.3 Å². The van der Waals surface area contributed by atoms with Crippen molar-refractivity contribution in [3.63, 3.8) is 0 Å². The monoisotopic (exact) mass is 264 g/mol. The molecule has 2 atom stereocenters. The Morgan fingerprint density at radius 2 is 1.88 bits per heavy atom. The zero-order chi connectivity index (χ0) is 13.1. The van der Waals surface area contributed by atoms with E-state index in [9.17, 15) is 19.1 Å². The minimum absolute atomic E-state index is 0.146. The van der Waals surface area contributed by atoms with Crippen LogP contribution in [-0.4, -0.2) is 27.5 Å². The van der Waals surface area contributed by atoms with Gasteiger partial charge in [-0.2, -0.15) is 0 Å². The third-order valence-electron chi connectivity index (χ3n) is 3.16. The largest absolute Gasteiger partial charge is 0.347 e. The number of nitrogens with two attached hydrogens (primary N) is 1. The average molecular weight is 264 g/mol. The van der Waals surface area contributed by atoms with E-state index in [2.05, 4.69) is 5.32 Å². The van der Waals surface area contributed by atoms with E-state index >= 15 is 0 Å². The number of hydrogen-bond donors (Lipinski definition) is 4. The van der Waals surface area contributed by atoms with Crippen LogP contribution in [0.25, 0.3) is 0 Å². The molecule has 0 spiro atoms. The lowest BCUT2D eigenvalue weighted by atomic mass is 9.89. The fraction of sp³-hybridized carbons (Fsp3) is 0.900. The van der Waals surface area contributed by atoms with Gasteiger partial charge >= 0.3 is 7.60 Å². The van der Waals surface area contributed by atoms with Crippen LogP contribution >= 0.6 is 7.60 Å². The molecule has 6 nitrogen and oxygen atoms in total. The summed E-state index contributed by atoms with van der Waals surface area (Å²) < 4.78 is 11.4. The van der Waals surface area contributed by atoms with Crippen molar-refractivity contribution in [2.45, 2.75) is 50.9 Å². The molecule has 1 rings (SSSR count). The summed E-state index contributed by atoms with van der Waals surface area (Å²) in [6.07, 6.45) is 4.49. The second-order valence-corrected chi connectivity index (χ2v) is 6.46. The molecular weight excluding hydrogens is 243 g/mol. The molecule has 7 heteroatoms. The van der Waals surface area contributed by atoms with Gasteiger partial charge in [0, 0.05) is 0 Å². The van der Waals surface area contributed by atoms with Gasteiger partial charge in [-0.1, -0.05) is 19.3 Å². The van der Waals surface area contributed by atoms with Crippen LogP contribution in [0.3, 0.4) is 0 Å². The van der Waals surface area contributed by atoms with Crippen LogP contribution in [0.5, 0.6) is 0 Å². The van der Waals surface area contributed by atoms with Crippen LogP contribution < -0.4 is 11.1 Å². The van der Waals surface area contributed by atoms with Gasteiger partial charge in [-0.3, -0.25) is 9.36 Å². The van der Waals surface area contributed by atoms with E-state index in [-0.39, 0.29) is 5.92 Å². The fourth-order valence-electron chi connectivity index (χ4n) is 2.20. The van der Waals surface area contributed by atoms with Crippen LogP contribution in [-0.2, 0) is 9.36 Å².